The van der Waals surface area contributed by atoms with Gasteiger partial charge in [-0.2, -0.15) is 0 Å². The SMILES string of the molecule is Clc1cccc(N2CCn3nc(-c4ccccn4)nc3C2)c1. The van der Waals surface area contributed by atoms with E-state index in [9.17, 15) is 0 Å². The van der Waals surface area contributed by atoms with Crippen LogP contribution in [0.4, 0.5) is 5.69 Å². The number of halogens is 1. The van der Waals surface area contributed by atoms with E-state index in [1.54, 1.807) is 6.20 Å². The summed E-state index contributed by atoms with van der Waals surface area (Å²) >= 11 is 6.08. The molecule has 1 aliphatic heterocycles. The molecule has 0 spiro atoms. The van der Waals surface area contributed by atoms with E-state index in [0.29, 0.717) is 5.82 Å². The number of anilines is 1. The first-order valence-electron chi connectivity index (χ1n) is 7.15. The third-order valence-corrected chi connectivity index (χ3v) is 3.96. The molecule has 0 amide bonds. The minimum absolute atomic E-state index is 0.684. The first-order chi connectivity index (χ1) is 10.8. The Morgan fingerprint density at radius 3 is 2.82 bits per heavy atom. The van der Waals surface area contributed by atoms with Crippen molar-refractivity contribution in [1.29, 1.82) is 0 Å². The van der Waals surface area contributed by atoms with Gasteiger partial charge in [0, 0.05) is 23.5 Å². The first-order valence-corrected chi connectivity index (χ1v) is 7.53. The molecule has 0 atom stereocenters. The van der Waals surface area contributed by atoms with Crippen molar-refractivity contribution in [2.75, 3.05) is 11.4 Å². The fourth-order valence-corrected chi connectivity index (χ4v) is 2.82. The number of pyridine rings is 1. The molecule has 6 heteroatoms. The predicted molar refractivity (Wildman–Crippen MR) is 85.8 cm³/mol. The van der Waals surface area contributed by atoms with Crippen molar-refractivity contribution in [1.82, 2.24) is 19.7 Å². The molecule has 3 heterocycles. The standard InChI is InChI=1S/C16H14ClN5/c17-12-4-3-5-13(10-12)21-8-9-22-15(11-21)19-16(20-22)14-6-1-2-7-18-14/h1-7,10H,8-9,11H2. The molecule has 0 saturated heterocycles. The summed E-state index contributed by atoms with van der Waals surface area (Å²) in [6.07, 6.45) is 1.76. The Hall–Kier alpha value is -2.40. The topological polar surface area (TPSA) is 46.8 Å². The molecule has 0 fully saturated rings. The highest BCUT2D eigenvalue weighted by molar-refractivity contribution is 6.30. The van der Waals surface area contributed by atoms with Gasteiger partial charge in [0.2, 0.25) is 0 Å². The number of hydrogen-bond donors (Lipinski definition) is 0. The van der Waals surface area contributed by atoms with Gasteiger partial charge in [-0.3, -0.25) is 4.98 Å². The van der Waals surface area contributed by atoms with Crippen molar-refractivity contribution < 1.29 is 0 Å². The van der Waals surface area contributed by atoms with Gasteiger partial charge >= 0.3 is 0 Å². The lowest BCUT2D eigenvalue weighted by Gasteiger charge is -2.28. The van der Waals surface area contributed by atoms with Gasteiger partial charge in [0.15, 0.2) is 5.82 Å². The highest BCUT2D eigenvalue weighted by Crippen LogP contribution is 2.24. The van der Waals surface area contributed by atoms with Crippen LogP contribution >= 0.6 is 11.6 Å². The highest BCUT2D eigenvalue weighted by atomic mass is 35.5. The third kappa shape index (κ3) is 2.44. The van der Waals surface area contributed by atoms with Gasteiger partial charge in [0.25, 0.3) is 0 Å². The van der Waals surface area contributed by atoms with Crippen LogP contribution in [0.25, 0.3) is 11.5 Å². The largest absolute Gasteiger partial charge is 0.362 e. The fourth-order valence-electron chi connectivity index (χ4n) is 2.63. The zero-order valence-electron chi connectivity index (χ0n) is 11.9. The van der Waals surface area contributed by atoms with Crippen LogP contribution in [0.15, 0.2) is 48.7 Å². The molecule has 22 heavy (non-hydrogen) atoms. The normalized spacial score (nSPS) is 14.0. The summed E-state index contributed by atoms with van der Waals surface area (Å²) in [5.41, 5.74) is 1.92. The van der Waals surface area contributed by atoms with Gasteiger partial charge in [-0.15, -0.1) is 5.10 Å². The fraction of sp³-hybridized carbons (Fsp3) is 0.188. The van der Waals surface area contributed by atoms with E-state index in [2.05, 4.69) is 26.0 Å². The van der Waals surface area contributed by atoms with Gasteiger partial charge < -0.3 is 4.90 Å². The monoisotopic (exact) mass is 311 g/mol. The Kier molecular flexibility index (Phi) is 3.27. The smallest absolute Gasteiger partial charge is 0.200 e. The van der Waals surface area contributed by atoms with Crippen LogP contribution in [0.3, 0.4) is 0 Å². The van der Waals surface area contributed by atoms with Crippen molar-refractivity contribution in [3.8, 4) is 11.5 Å². The Morgan fingerprint density at radius 2 is 2.00 bits per heavy atom. The number of rotatable bonds is 2. The molecule has 1 aromatic carbocycles. The first kappa shape index (κ1) is 13.3. The molecule has 0 unspecified atom stereocenters. The Bertz CT molecular complexity index is 799. The number of nitrogens with zero attached hydrogens (tertiary/aromatic N) is 5. The average molecular weight is 312 g/mol. The van der Waals surface area contributed by atoms with Crippen molar-refractivity contribution in [3.05, 3.63) is 59.5 Å². The Balaban J connectivity index is 1.63. The molecule has 0 bridgehead atoms. The molecular formula is C16H14ClN5. The molecule has 0 radical (unpaired) electrons. The molecule has 0 saturated carbocycles. The quantitative estimate of drug-likeness (QED) is 0.730. The molecule has 1 aliphatic rings. The van der Waals surface area contributed by atoms with Crippen LogP contribution in [0, 0.1) is 0 Å². The number of benzene rings is 1. The summed E-state index contributed by atoms with van der Waals surface area (Å²) in [5.74, 6) is 1.63. The van der Waals surface area contributed by atoms with Crippen LogP contribution < -0.4 is 4.90 Å². The van der Waals surface area contributed by atoms with Crippen LogP contribution in [-0.4, -0.2) is 26.3 Å². The summed E-state index contributed by atoms with van der Waals surface area (Å²) in [5, 5.41) is 5.31. The van der Waals surface area contributed by atoms with Crippen molar-refractivity contribution in [3.63, 3.8) is 0 Å². The van der Waals surface area contributed by atoms with E-state index < -0.39 is 0 Å². The van der Waals surface area contributed by atoms with Crippen molar-refractivity contribution in [2.24, 2.45) is 0 Å². The second-order valence-electron chi connectivity index (χ2n) is 5.19. The number of hydrogen-bond acceptors (Lipinski definition) is 4. The van der Waals surface area contributed by atoms with Gasteiger partial charge in [-0.05, 0) is 30.3 Å². The summed E-state index contributed by atoms with van der Waals surface area (Å²) in [6.45, 7) is 2.42. The Morgan fingerprint density at radius 1 is 1.05 bits per heavy atom. The van der Waals surface area contributed by atoms with E-state index in [1.807, 2.05) is 41.1 Å². The third-order valence-electron chi connectivity index (χ3n) is 3.73. The Labute approximate surface area is 133 Å². The molecule has 3 aromatic rings. The van der Waals surface area contributed by atoms with Gasteiger partial charge in [-0.25, -0.2) is 9.67 Å². The maximum absolute atomic E-state index is 6.08. The second-order valence-corrected chi connectivity index (χ2v) is 5.63. The predicted octanol–water partition coefficient (Wildman–Crippen LogP) is 3.01. The molecule has 110 valence electrons. The highest BCUT2D eigenvalue weighted by Gasteiger charge is 2.21. The second kappa shape index (κ2) is 5.42. The van der Waals surface area contributed by atoms with Crippen LogP contribution in [0.1, 0.15) is 5.82 Å². The van der Waals surface area contributed by atoms with E-state index >= 15 is 0 Å². The molecule has 2 aromatic heterocycles. The lowest BCUT2D eigenvalue weighted by molar-refractivity contribution is 0.513. The minimum Gasteiger partial charge on any atom is -0.362 e. The van der Waals surface area contributed by atoms with E-state index in [-0.39, 0.29) is 0 Å². The molecule has 0 aliphatic carbocycles. The number of fused-ring (bicyclic) bond motifs is 1. The van der Waals surface area contributed by atoms with E-state index in [4.69, 9.17) is 11.6 Å². The van der Waals surface area contributed by atoms with Gasteiger partial charge in [0.05, 0.1) is 13.1 Å². The van der Waals surface area contributed by atoms with Gasteiger partial charge in [0.1, 0.15) is 11.5 Å². The van der Waals surface area contributed by atoms with E-state index in [1.165, 1.54) is 0 Å². The average Bonchev–Trinajstić information content (AvgIpc) is 2.99. The summed E-state index contributed by atoms with van der Waals surface area (Å²) in [7, 11) is 0. The van der Waals surface area contributed by atoms with E-state index in [0.717, 1.165) is 41.9 Å². The zero-order chi connectivity index (χ0) is 14.9. The van der Waals surface area contributed by atoms with Crippen LogP contribution in [-0.2, 0) is 13.1 Å². The maximum Gasteiger partial charge on any atom is 0.200 e. The minimum atomic E-state index is 0.684. The van der Waals surface area contributed by atoms with Crippen LogP contribution in [0.2, 0.25) is 5.02 Å². The van der Waals surface area contributed by atoms with Gasteiger partial charge in [-0.1, -0.05) is 23.7 Å². The summed E-state index contributed by atoms with van der Waals surface area (Å²) in [4.78, 5) is 11.2. The summed E-state index contributed by atoms with van der Waals surface area (Å²) < 4.78 is 1.96. The molecule has 0 N–H and O–H groups in total. The maximum atomic E-state index is 6.08. The van der Waals surface area contributed by atoms with Crippen LogP contribution in [0.5, 0.6) is 0 Å². The summed E-state index contributed by atoms with van der Waals surface area (Å²) in [6, 6.07) is 13.7. The molecule has 4 rings (SSSR count). The lowest BCUT2D eigenvalue weighted by atomic mass is 10.2. The number of aromatic nitrogens is 4. The lowest BCUT2D eigenvalue weighted by Crippen LogP contribution is -2.34. The van der Waals surface area contributed by atoms with Crippen molar-refractivity contribution in [2.45, 2.75) is 13.1 Å². The zero-order valence-corrected chi connectivity index (χ0v) is 12.6. The molecular weight excluding hydrogens is 298 g/mol. The van der Waals surface area contributed by atoms with Crippen molar-refractivity contribution >= 4 is 17.3 Å². The molecule has 5 nitrogen and oxygen atoms in total.